The van der Waals surface area contributed by atoms with Crippen molar-refractivity contribution in [2.75, 3.05) is 42.5 Å². The van der Waals surface area contributed by atoms with Crippen LogP contribution in [0.15, 0.2) is 54.6 Å². The summed E-state index contributed by atoms with van der Waals surface area (Å²) in [6.07, 6.45) is 0.569. The van der Waals surface area contributed by atoms with Crippen LogP contribution >= 0.6 is 11.6 Å². The molecule has 140 valence electrons. The molecule has 27 heavy (non-hydrogen) atoms. The van der Waals surface area contributed by atoms with Crippen molar-refractivity contribution in [2.45, 2.75) is 6.42 Å². The summed E-state index contributed by atoms with van der Waals surface area (Å²) in [4.78, 5) is 31.5. The number of benzene rings is 2. The first kappa shape index (κ1) is 17.9. The lowest BCUT2D eigenvalue weighted by atomic mass is 10.1. The molecule has 2 aromatic carbocycles. The summed E-state index contributed by atoms with van der Waals surface area (Å²) in [5.41, 5.74) is 1.98. The van der Waals surface area contributed by atoms with Gasteiger partial charge in [0.25, 0.3) is 0 Å². The molecule has 0 unspecified atom stereocenters. The number of halogens is 1. The number of carbonyl (C=O) groups excluding carboxylic acids is 2. The molecule has 0 aliphatic carbocycles. The Bertz CT molecular complexity index is 817. The highest BCUT2D eigenvalue weighted by molar-refractivity contribution is 6.30. The van der Waals surface area contributed by atoms with Gasteiger partial charge in [-0.2, -0.15) is 0 Å². The Kier molecular flexibility index (Phi) is 5.03. The van der Waals surface area contributed by atoms with Gasteiger partial charge in [-0.05, 0) is 42.8 Å². The van der Waals surface area contributed by atoms with E-state index in [-0.39, 0.29) is 11.8 Å². The number of hydrogen-bond donors (Lipinski definition) is 0. The van der Waals surface area contributed by atoms with Gasteiger partial charge >= 0.3 is 0 Å². The third-order valence-electron chi connectivity index (χ3n) is 5.35. The molecule has 0 aromatic heterocycles. The number of piperazine rings is 1. The van der Waals surface area contributed by atoms with E-state index in [9.17, 15) is 9.59 Å². The van der Waals surface area contributed by atoms with Crippen LogP contribution in [0, 0.1) is 5.92 Å². The Labute approximate surface area is 164 Å². The van der Waals surface area contributed by atoms with Gasteiger partial charge in [0.1, 0.15) is 5.92 Å². The van der Waals surface area contributed by atoms with E-state index < -0.39 is 5.92 Å². The standard InChI is InChI=1S/C21H22ClN3O2/c22-16-6-8-18(9-7-16)25-11-10-19(21(25)27)20(26)24-14-12-23(13-15-24)17-4-2-1-3-5-17/h1-9,19H,10-15H2/t19-/m1/s1. The van der Waals surface area contributed by atoms with Crippen LogP contribution < -0.4 is 9.80 Å². The van der Waals surface area contributed by atoms with Crippen molar-refractivity contribution in [1.29, 1.82) is 0 Å². The number of rotatable bonds is 3. The maximum atomic E-state index is 12.9. The summed E-state index contributed by atoms with van der Waals surface area (Å²) >= 11 is 5.92. The van der Waals surface area contributed by atoms with Crippen molar-refractivity contribution < 1.29 is 9.59 Å². The Balaban J connectivity index is 1.38. The zero-order valence-corrected chi connectivity index (χ0v) is 15.8. The summed E-state index contributed by atoms with van der Waals surface area (Å²) in [5, 5.41) is 0.634. The Morgan fingerprint density at radius 2 is 1.52 bits per heavy atom. The van der Waals surface area contributed by atoms with E-state index in [1.165, 1.54) is 5.69 Å². The number of nitrogens with zero attached hydrogens (tertiary/aromatic N) is 3. The van der Waals surface area contributed by atoms with Gasteiger partial charge < -0.3 is 14.7 Å². The van der Waals surface area contributed by atoms with Crippen LogP contribution in [-0.4, -0.2) is 49.4 Å². The zero-order chi connectivity index (χ0) is 18.8. The predicted molar refractivity (Wildman–Crippen MR) is 107 cm³/mol. The van der Waals surface area contributed by atoms with Crippen molar-refractivity contribution >= 4 is 34.8 Å². The van der Waals surface area contributed by atoms with Crippen molar-refractivity contribution in [2.24, 2.45) is 5.92 Å². The quantitative estimate of drug-likeness (QED) is 0.765. The van der Waals surface area contributed by atoms with E-state index in [1.807, 2.05) is 35.2 Å². The van der Waals surface area contributed by atoms with Crippen LogP contribution in [0.5, 0.6) is 0 Å². The van der Waals surface area contributed by atoms with Gasteiger partial charge in [-0.15, -0.1) is 0 Å². The summed E-state index contributed by atoms with van der Waals surface area (Å²) in [5.74, 6) is -0.707. The third kappa shape index (κ3) is 3.65. The molecule has 2 aliphatic rings. The summed E-state index contributed by atoms with van der Waals surface area (Å²) in [6, 6.07) is 17.4. The van der Waals surface area contributed by atoms with Crippen LogP contribution in [-0.2, 0) is 9.59 Å². The highest BCUT2D eigenvalue weighted by atomic mass is 35.5. The lowest BCUT2D eigenvalue weighted by Gasteiger charge is -2.37. The molecule has 0 spiro atoms. The topological polar surface area (TPSA) is 43.9 Å². The lowest BCUT2D eigenvalue weighted by molar-refractivity contribution is -0.140. The number of amides is 2. The molecule has 4 rings (SSSR count). The summed E-state index contributed by atoms with van der Waals surface area (Å²) < 4.78 is 0. The average Bonchev–Trinajstić information content (AvgIpc) is 3.10. The van der Waals surface area contributed by atoms with Crippen molar-refractivity contribution in [3.63, 3.8) is 0 Å². The van der Waals surface area contributed by atoms with Gasteiger partial charge in [-0.1, -0.05) is 29.8 Å². The van der Waals surface area contributed by atoms with E-state index in [0.29, 0.717) is 31.1 Å². The van der Waals surface area contributed by atoms with E-state index in [1.54, 1.807) is 17.0 Å². The number of carbonyl (C=O) groups is 2. The molecular formula is C21H22ClN3O2. The minimum Gasteiger partial charge on any atom is -0.368 e. The van der Waals surface area contributed by atoms with Gasteiger partial charge in [0.2, 0.25) is 11.8 Å². The second-order valence-corrected chi connectivity index (χ2v) is 7.39. The molecule has 0 bridgehead atoms. The van der Waals surface area contributed by atoms with Crippen LogP contribution in [0.4, 0.5) is 11.4 Å². The van der Waals surface area contributed by atoms with Gasteiger partial charge in [-0.3, -0.25) is 9.59 Å². The monoisotopic (exact) mass is 383 g/mol. The average molecular weight is 384 g/mol. The minimum atomic E-state index is -0.566. The maximum absolute atomic E-state index is 12.9. The summed E-state index contributed by atoms with van der Waals surface area (Å²) in [7, 11) is 0. The first-order valence-electron chi connectivity index (χ1n) is 9.29. The molecule has 2 saturated heterocycles. The first-order valence-corrected chi connectivity index (χ1v) is 9.67. The fourth-order valence-electron chi connectivity index (χ4n) is 3.83. The molecular weight excluding hydrogens is 362 g/mol. The molecule has 1 atom stereocenters. The lowest BCUT2D eigenvalue weighted by Crippen LogP contribution is -2.51. The van der Waals surface area contributed by atoms with Crippen LogP contribution in [0.2, 0.25) is 5.02 Å². The van der Waals surface area contributed by atoms with Gasteiger partial charge in [0.05, 0.1) is 0 Å². The van der Waals surface area contributed by atoms with Crippen molar-refractivity contribution in [1.82, 2.24) is 4.90 Å². The predicted octanol–water partition coefficient (Wildman–Crippen LogP) is 3.04. The molecule has 0 N–H and O–H groups in total. The Morgan fingerprint density at radius 1 is 0.852 bits per heavy atom. The molecule has 2 aromatic rings. The number of anilines is 2. The fraction of sp³-hybridized carbons (Fsp3) is 0.333. The van der Waals surface area contributed by atoms with Crippen LogP contribution in [0.1, 0.15) is 6.42 Å². The molecule has 5 nitrogen and oxygen atoms in total. The molecule has 2 heterocycles. The van der Waals surface area contributed by atoms with E-state index >= 15 is 0 Å². The molecule has 2 aliphatic heterocycles. The SMILES string of the molecule is O=C([C@H]1CCN(c2ccc(Cl)cc2)C1=O)N1CCN(c2ccccc2)CC1. The van der Waals surface area contributed by atoms with E-state index in [0.717, 1.165) is 18.8 Å². The third-order valence-corrected chi connectivity index (χ3v) is 5.61. The molecule has 0 saturated carbocycles. The highest BCUT2D eigenvalue weighted by Gasteiger charge is 2.40. The molecule has 2 fully saturated rings. The van der Waals surface area contributed by atoms with Gasteiger partial charge in [0, 0.05) is 49.1 Å². The fourth-order valence-corrected chi connectivity index (χ4v) is 3.96. The second-order valence-electron chi connectivity index (χ2n) is 6.96. The molecule has 2 amide bonds. The van der Waals surface area contributed by atoms with Crippen molar-refractivity contribution in [3.05, 3.63) is 59.6 Å². The molecule has 0 radical (unpaired) electrons. The summed E-state index contributed by atoms with van der Waals surface area (Å²) in [6.45, 7) is 3.45. The minimum absolute atomic E-state index is 0.0378. The highest BCUT2D eigenvalue weighted by Crippen LogP contribution is 2.28. The number of para-hydroxylation sites is 1. The Morgan fingerprint density at radius 3 is 2.19 bits per heavy atom. The zero-order valence-electron chi connectivity index (χ0n) is 15.1. The van der Waals surface area contributed by atoms with Crippen LogP contribution in [0.25, 0.3) is 0 Å². The normalized spacial score (nSPS) is 20.3. The molecule has 6 heteroatoms. The smallest absolute Gasteiger partial charge is 0.239 e. The Hall–Kier alpha value is -2.53. The van der Waals surface area contributed by atoms with Crippen LogP contribution in [0.3, 0.4) is 0 Å². The largest absolute Gasteiger partial charge is 0.368 e. The first-order chi connectivity index (χ1) is 13.1. The van der Waals surface area contributed by atoms with E-state index in [4.69, 9.17) is 11.6 Å². The van der Waals surface area contributed by atoms with Crippen molar-refractivity contribution in [3.8, 4) is 0 Å². The second kappa shape index (κ2) is 7.61. The maximum Gasteiger partial charge on any atom is 0.239 e. The van der Waals surface area contributed by atoms with Gasteiger partial charge in [0.15, 0.2) is 0 Å². The van der Waals surface area contributed by atoms with E-state index in [2.05, 4.69) is 17.0 Å². The van der Waals surface area contributed by atoms with Gasteiger partial charge in [-0.25, -0.2) is 0 Å². The number of hydrogen-bond acceptors (Lipinski definition) is 3.